The predicted octanol–water partition coefficient (Wildman–Crippen LogP) is 4.06. The molecule has 0 unspecified atom stereocenters. The third-order valence-electron chi connectivity index (χ3n) is 5.17. The lowest BCUT2D eigenvalue weighted by atomic mass is 10.2. The number of hydrogen-bond donors (Lipinski definition) is 0. The number of benzene rings is 2. The first kappa shape index (κ1) is 19.6. The highest BCUT2D eigenvalue weighted by Gasteiger charge is 2.33. The Morgan fingerprint density at radius 2 is 2.13 bits per heavy atom. The van der Waals surface area contributed by atoms with Crippen molar-refractivity contribution in [3.8, 4) is 11.5 Å². The Balaban J connectivity index is 1.40. The van der Waals surface area contributed by atoms with Gasteiger partial charge >= 0.3 is 0 Å². The third kappa shape index (κ3) is 4.11. The van der Waals surface area contributed by atoms with E-state index < -0.39 is 6.10 Å². The van der Waals surface area contributed by atoms with Gasteiger partial charge in [0.25, 0.3) is 5.91 Å². The Morgan fingerprint density at radius 1 is 1.26 bits per heavy atom. The number of aromatic nitrogens is 3. The zero-order valence-electron chi connectivity index (χ0n) is 17.1. The summed E-state index contributed by atoms with van der Waals surface area (Å²) in [5, 5.41) is 0.679. The number of para-hydroxylation sites is 2. The van der Waals surface area contributed by atoms with E-state index in [9.17, 15) is 4.79 Å². The number of anilines is 1. The van der Waals surface area contributed by atoms with Crippen molar-refractivity contribution in [3.05, 3.63) is 66.7 Å². The van der Waals surface area contributed by atoms with E-state index in [2.05, 4.69) is 18.0 Å². The summed E-state index contributed by atoms with van der Waals surface area (Å²) in [5.74, 6) is 1.11. The minimum absolute atomic E-state index is 0.143. The maximum atomic E-state index is 13.5. The lowest BCUT2D eigenvalue weighted by Gasteiger charge is -2.29. The Kier molecular flexibility index (Phi) is 5.30. The molecule has 0 aliphatic carbocycles. The number of imidazole rings is 1. The summed E-state index contributed by atoms with van der Waals surface area (Å²) in [6.07, 6.45) is 5.51. The summed E-state index contributed by atoms with van der Waals surface area (Å²) in [4.78, 5) is 24.1. The van der Waals surface area contributed by atoms with Crippen LogP contribution in [0.25, 0.3) is 10.2 Å². The number of carbonyl (C=O) groups is 1. The zero-order chi connectivity index (χ0) is 21.2. The van der Waals surface area contributed by atoms with Crippen LogP contribution in [0, 0.1) is 6.92 Å². The monoisotopic (exact) mass is 434 g/mol. The van der Waals surface area contributed by atoms with Crippen LogP contribution in [0.4, 0.5) is 5.13 Å². The van der Waals surface area contributed by atoms with E-state index in [1.54, 1.807) is 17.4 Å². The standard InChI is InChI=1S/C23H22N4O3S/c1-16-7-8-17-21(13-16)31-23(25-17)27(11-4-10-26-12-9-24-15-26)22(28)20-14-29-18-5-2-3-6-19(18)30-20/h2-3,5-9,12-13,15,20H,4,10-11,14H2,1H3/t20-/m1/s1. The summed E-state index contributed by atoms with van der Waals surface area (Å²) < 4.78 is 14.8. The number of carbonyl (C=O) groups excluding carboxylic acids is 1. The van der Waals surface area contributed by atoms with Crippen LogP contribution in [0.3, 0.4) is 0 Å². The molecule has 0 spiro atoms. The van der Waals surface area contributed by atoms with E-state index in [1.165, 1.54) is 16.9 Å². The van der Waals surface area contributed by atoms with Crippen molar-refractivity contribution < 1.29 is 14.3 Å². The highest BCUT2D eigenvalue weighted by atomic mass is 32.1. The van der Waals surface area contributed by atoms with Gasteiger partial charge in [0.2, 0.25) is 6.10 Å². The number of ether oxygens (including phenoxy) is 2. The molecule has 0 radical (unpaired) electrons. The van der Waals surface area contributed by atoms with Crippen molar-refractivity contribution in [2.24, 2.45) is 0 Å². The molecule has 31 heavy (non-hydrogen) atoms. The second-order valence-corrected chi connectivity index (χ2v) is 8.48. The Hall–Kier alpha value is -3.39. The van der Waals surface area contributed by atoms with Crippen molar-refractivity contribution in [2.75, 3.05) is 18.1 Å². The van der Waals surface area contributed by atoms with Gasteiger partial charge in [0.05, 0.1) is 16.5 Å². The molecular weight excluding hydrogens is 412 g/mol. The molecule has 2 aromatic heterocycles. The van der Waals surface area contributed by atoms with Crippen LogP contribution >= 0.6 is 11.3 Å². The summed E-state index contributed by atoms with van der Waals surface area (Å²) in [5.41, 5.74) is 2.06. The zero-order valence-corrected chi connectivity index (χ0v) is 17.9. The fraction of sp³-hybridized carbons (Fsp3) is 0.261. The van der Waals surface area contributed by atoms with Crippen molar-refractivity contribution in [2.45, 2.75) is 26.0 Å². The van der Waals surface area contributed by atoms with Gasteiger partial charge in [-0.1, -0.05) is 29.5 Å². The molecule has 1 aliphatic rings. The number of fused-ring (bicyclic) bond motifs is 2. The molecule has 7 nitrogen and oxygen atoms in total. The van der Waals surface area contributed by atoms with Gasteiger partial charge in [-0.3, -0.25) is 9.69 Å². The first-order valence-electron chi connectivity index (χ1n) is 10.2. The van der Waals surface area contributed by atoms with E-state index in [0.717, 1.165) is 23.2 Å². The normalized spacial score (nSPS) is 15.2. The second kappa shape index (κ2) is 8.39. The Labute approximate surface area is 183 Å². The van der Waals surface area contributed by atoms with Crippen molar-refractivity contribution >= 4 is 32.6 Å². The second-order valence-electron chi connectivity index (χ2n) is 7.48. The van der Waals surface area contributed by atoms with E-state index in [-0.39, 0.29) is 12.5 Å². The molecule has 1 amide bonds. The fourth-order valence-electron chi connectivity index (χ4n) is 3.58. The molecular formula is C23H22N4O3S. The van der Waals surface area contributed by atoms with E-state index in [1.807, 2.05) is 47.2 Å². The number of amides is 1. The largest absolute Gasteiger partial charge is 0.485 e. The van der Waals surface area contributed by atoms with Gasteiger partial charge in [-0.15, -0.1) is 0 Å². The molecule has 158 valence electrons. The van der Waals surface area contributed by atoms with Gasteiger partial charge < -0.3 is 14.0 Å². The highest BCUT2D eigenvalue weighted by Crippen LogP contribution is 2.34. The maximum absolute atomic E-state index is 13.5. The van der Waals surface area contributed by atoms with E-state index in [0.29, 0.717) is 23.2 Å². The Bertz CT molecular complexity index is 1200. The minimum Gasteiger partial charge on any atom is -0.485 e. The topological polar surface area (TPSA) is 69.5 Å². The predicted molar refractivity (Wildman–Crippen MR) is 120 cm³/mol. The molecule has 0 saturated heterocycles. The maximum Gasteiger partial charge on any atom is 0.273 e. The molecule has 1 aliphatic heterocycles. The molecule has 3 heterocycles. The van der Waals surface area contributed by atoms with Crippen LogP contribution < -0.4 is 14.4 Å². The molecule has 4 aromatic rings. The van der Waals surface area contributed by atoms with Gasteiger partial charge in [0, 0.05) is 25.5 Å². The van der Waals surface area contributed by atoms with Crippen molar-refractivity contribution in [1.82, 2.24) is 14.5 Å². The molecule has 5 rings (SSSR count). The van der Waals surface area contributed by atoms with Crippen LogP contribution in [0.2, 0.25) is 0 Å². The molecule has 0 N–H and O–H groups in total. The summed E-state index contributed by atoms with van der Waals surface area (Å²) in [7, 11) is 0. The first-order chi connectivity index (χ1) is 15.2. The van der Waals surface area contributed by atoms with Crippen molar-refractivity contribution in [3.63, 3.8) is 0 Å². The molecule has 8 heteroatoms. The summed E-state index contributed by atoms with van der Waals surface area (Å²) in [6, 6.07) is 13.5. The molecule has 0 saturated carbocycles. The highest BCUT2D eigenvalue weighted by molar-refractivity contribution is 7.22. The lowest BCUT2D eigenvalue weighted by Crippen LogP contribution is -2.47. The number of aryl methyl sites for hydroxylation is 2. The minimum atomic E-state index is -0.711. The third-order valence-corrected chi connectivity index (χ3v) is 6.21. The Morgan fingerprint density at radius 3 is 2.97 bits per heavy atom. The van der Waals surface area contributed by atoms with E-state index in [4.69, 9.17) is 14.5 Å². The fourth-order valence-corrected chi connectivity index (χ4v) is 4.68. The summed E-state index contributed by atoms with van der Waals surface area (Å²) in [6.45, 7) is 3.52. The van der Waals surface area contributed by atoms with Gasteiger partial charge in [-0.2, -0.15) is 0 Å². The number of thiazole rings is 1. The average molecular weight is 435 g/mol. The quantitative estimate of drug-likeness (QED) is 0.458. The van der Waals surface area contributed by atoms with Crippen LogP contribution in [-0.2, 0) is 11.3 Å². The van der Waals surface area contributed by atoms with Gasteiger partial charge in [0.15, 0.2) is 16.6 Å². The molecule has 0 fully saturated rings. The van der Waals surface area contributed by atoms with Crippen LogP contribution in [0.1, 0.15) is 12.0 Å². The lowest BCUT2D eigenvalue weighted by molar-refractivity contribution is -0.127. The van der Waals surface area contributed by atoms with Gasteiger partial charge in [-0.25, -0.2) is 9.97 Å². The van der Waals surface area contributed by atoms with Crippen LogP contribution in [-0.4, -0.2) is 39.7 Å². The van der Waals surface area contributed by atoms with Crippen LogP contribution in [0.15, 0.2) is 61.2 Å². The molecule has 0 bridgehead atoms. The first-order valence-corrected chi connectivity index (χ1v) is 11.0. The molecule has 2 aromatic carbocycles. The number of rotatable bonds is 6. The van der Waals surface area contributed by atoms with E-state index >= 15 is 0 Å². The average Bonchev–Trinajstić information content (AvgIpc) is 3.45. The molecule has 1 atom stereocenters. The number of hydrogen-bond acceptors (Lipinski definition) is 6. The number of nitrogens with zero attached hydrogens (tertiary/aromatic N) is 4. The summed E-state index contributed by atoms with van der Waals surface area (Å²) >= 11 is 1.52. The van der Waals surface area contributed by atoms with Crippen LogP contribution in [0.5, 0.6) is 11.5 Å². The SMILES string of the molecule is Cc1ccc2nc(N(CCCn3ccnc3)C(=O)[C@H]3COc4ccccc4O3)sc2c1. The van der Waals surface area contributed by atoms with Gasteiger partial charge in [-0.05, 0) is 43.2 Å². The van der Waals surface area contributed by atoms with Gasteiger partial charge in [0.1, 0.15) is 6.61 Å². The van der Waals surface area contributed by atoms with Crippen molar-refractivity contribution in [1.29, 1.82) is 0 Å². The smallest absolute Gasteiger partial charge is 0.273 e.